The fourth-order valence-electron chi connectivity index (χ4n) is 3.12. The molecule has 0 saturated carbocycles. The minimum absolute atomic E-state index is 0.128. The Hall–Kier alpha value is -3.18. The van der Waals surface area contributed by atoms with E-state index in [1.54, 1.807) is 36.4 Å². The number of benzene rings is 3. The van der Waals surface area contributed by atoms with Gasteiger partial charge in [-0.25, -0.2) is 4.98 Å². The second-order valence-corrected chi connectivity index (χ2v) is 8.31. The number of hydrogen-bond acceptors (Lipinski definition) is 6. The maximum Gasteiger partial charge on any atom is 0.264 e. The van der Waals surface area contributed by atoms with Crippen LogP contribution in [0.5, 0.6) is 11.5 Å². The molecule has 1 amide bonds. The Bertz CT molecular complexity index is 1280. The molecule has 1 aromatic heterocycles. The molecule has 7 nitrogen and oxygen atoms in total. The monoisotopic (exact) mass is 559 g/mol. The molecule has 0 bridgehead atoms. The Morgan fingerprint density at radius 3 is 2.38 bits per heavy atom. The molecule has 2 N–H and O–H groups in total. The van der Waals surface area contributed by atoms with Crippen LogP contribution in [-0.4, -0.2) is 30.2 Å². The van der Waals surface area contributed by atoms with Crippen molar-refractivity contribution in [3.63, 3.8) is 0 Å². The number of fused-ring (bicyclic) bond motifs is 1. The molecular weight excluding hydrogens is 541 g/mol. The highest BCUT2D eigenvalue weighted by Gasteiger charge is 2.19. The van der Waals surface area contributed by atoms with E-state index in [2.05, 4.69) is 38.2 Å². The molecule has 32 heavy (non-hydrogen) atoms. The van der Waals surface area contributed by atoms with Gasteiger partial charge in [-0.2, -0.15) is 0 Å². The largest absolute Gasteiger partial charge is 0.496 e. The molecule has 1 heterocycles. The number of nitrogens with zero attached hydrogens (tertiary/aromatic N) is 1. The molecule has 0 aliphatic heterocycles. The molecule has 0 fully saturated rings. The predicted molar refractivity (Wildman–Crippen MR) is 135 cm³/mol. The number of hydrogen-bond donors (Lipinski definition) is 2. The number of oxazole rings is 1. The summed E-state index contributed by atoms with van der Waals surface area (Å²) in [6.07, 6.45) is 0. The average molecular weight is 559 g/mol. The van der Waals surface area contributed by atoms with Gasteiger partial charge >= 0.3 is 0 Å². The maximum absolute atomic E-state index is 12.8. The van der Waals surface area contributed by atoms with Gasteiger partial charge in [0, 0.05) is 14.8 Å². The van der Waals surface area contributed by atoms with Crippen LogP contribution in [0.2, 0.25) is 0 Å². The fraction of sp³-hybridized carbons (Fsp3) is 0.0870. The van der Waals surface area contributed by atoms with Crippen molar-refractivity contribution in [1.82, 2.24) is 10.3 Å². The lowest BCUT2D eigenvalue weighted by molar-refractivity contribution is 0.0971. The van der Waals surface area contributed by atoms with E-state index < -0.39 is 5.91 Å². The SMILES string of the molecule is COc1cccc(OC)c1C(=O)NC(=S)Nc1ccc2oc(-c3ccc(I)cc3)nc2c1. The number of rotatable bonds is 5. The van der Waals surface area contributed by atoms with E-state index in [9.17, 15) is 4.79 Å². The van der Waals surface area contributed by atoms with Crippen molar-refractivity contribution in [2.45, 2.75) is 0 Å². The summed E-state index contributed by atoms with van der Waals surface area (Å²) in [6.45, 7) is 0. The predicted octanol–water partition coefficient (Wildman–Crippen LogP) is 5.24. The number of carbonyl (C=O) groups is 1. The summed E-state index contributed by atoms with van der Waals surface area (Å²) in [6, 6.07) is 18.4. The number of methoxy groups -OCH3 is 2. The first-order valence-electron chi connectivity index (χ1n) is 9.48. The van der Waals surface area contributed by atoms with Crippen LogP contribution < -0.4 is 20.1 Å². The summed E-state index contributed by atoms with van der Waals surface area (Å²) < 4.78 is 17.5. The number of carbonyl (C=O) groups excluding carboxylic acids is 1. The molecule has 162 valence electrons. The van der Waals surface area contributed by atoms with Crippen LogP contribution >= 0.6 is 34.8 Å². The second kappa shape index (κ2) is 9.53. The standard InChI is InChI=1S/C23H18IN3O4S/c1-29-18-4-3-5-19(30-2)20(18)21(28)27-23(32)25-15-10-11-17-16(12-15)26-22(31-17)13-6-8-14(24)9-7-13/h3-12H,1-2H3,(H2,25,27,28,32). The van der Waals surface area contributed by atoms with Gasteiger partial charge in [0.1, 0.15) is 22.6 Å². The summed E-state index contributed by atoms with van der Waals surface area (Å²) >= 11 is 7.57. The number of amides is 1. The van der Waals surface area contributed by atoms with Crippen LogP contribution in [0.3, 0.4) is 0 Å². The van der Waals surface area contributed by atoms with Crippen molar-refractivity contribution < 1.29 is 18.7 Å². The number of ether oxygens (including phenoxy) is 2. The van der Waals surface area contributed by atoms with Crippen molar-refractivity contribution in [2.24, 2.45) is 0 Å². The van der Waals surface area contributed by atoms with Gasteiger partial charge in [-0.1, -0.05) is 6.07 Å². The summed E-state index contributed by atoms with van der Waals surface area (Å²) in [7, 11) is 2.97. The zero-order valence-electron chi connectivity index (χ0n) is 17.1. The van der Waals surface area contributed by atoms with Crippen molar-refractivity contribution in [1.29, 1.82) is 0 Å². The lowest BCUT2D eigenvalue weighted by atomic mass is 10.1. The van der Waals surface area contributed by atoms with Crippen molar-refractivity contribution in [3.8, 4) is 23.0 Å². The first kappa shape index (κ1) is 22.0. The third-order valence-electron chi connectivity index (χ3n) is 4.62. The molecule has 4 rings (SSSR count). The number of aromatic nitrogens is 1. The van der Waals surface area contributed by atoms with Gasteiger partial charge in [0.25, 0.3) is 5.91 Å². The minimum atomic E-state index is -0.444. The summed E-state index contributed by atoms with van der Waals surface area (Å²) in [5.74, 6) is 0.863. The van der Waals surface area contributed by atoms with Crippen LogP contribution in [0.4, 0.5) is 5.69 Å². The van der Waals surface area contributed by atoms with E-state index in [0.29, 0.717) is 34.2 Å². The highest BCUT2D eigenvalue weighted by atomic mass is 127. The molecule has 0 spiro atoms. The van der Waals surface area contributed by atoms with E-state index in [4.69, 9.17) is 26.1 Å². The smallest absolute Gasteiger partial charge is 0.264 e. The highest BCUT2D eigenvalue weighted by Crippen LogP contribution is 2.29. The van der Waals surface area contributed by atoms with E-state index in [1.165, 1.54) is 14.2 Å². The third kappa shape index (κ3) is 4.68. The Labute approximate surface area is 203 Å². The zero-order chi connectivity index (χ0) is 22.7. The molecule has 0 unspecified atom stereocenters. The van der Waals surface area contributed by atoms with Gasteiger partial charge in [0.05, 0.1) is 14.2 Å². The van der Waals surface area contributed by atoms with Crippen molar-refractivity contribution >= 4 is 62.6 Å². The summed E-state index contributed by atoms with van der Waals surface area (Å²) in [5.41, 5.74) is 3.14. The Balaban J connectivity index is 1.50. The van der Waals surface area contributed by atoms with Crippen molar-refractivity contribution in [3.05, 3.63) is 69.8 Å². The van der Waals surface area contributed by atoms with E-state index in [1.807, 2.05) is 24.3 Å². The molecule has 0 atom stereocenters. The van der Waals surface area contributed by atoms with Gasteiger partial charge in [0.2, 0.25) is 5.89 Å². The normalized spacial score (nSPS) is 10.6. The quantitative estimate of drug-likeness (QED) is 0.256. The number of halogens is 1. The topological polar surface area (TPSA) is 85.6 Å². The summed E-state index contributed by atoms with van der Waals surface area (Å²) in [4.78, 5) is 17.3. The Kier molecular flexibility index (Phi) is 6.56. The van der Waals surface area contributed by atoms with Gasteiger partial charge in [-0.05, 0) is 89.4 Å². The molecule has 3 aromatic carbocycles. The molecule has 0 radical (unpaired) electrons. The van der Waals surface area contributed by atoms with Crippen molar-refractivity contribution in [2.75, 3.05) is 19.5 Å². The van der Waals surface area contributed by atoms with Crippen LogP contribution in [-0.2, 0) is 0 Å². The Morgan fingerprint density at radius 1 is 1.03 bits per heavy atom. The number of nitrogens with one attached hydrogen (secondary N) is 2. The van der Waals surface area contributed by atoms with E-state index in [0.717, 1.165) is 9.13 Å². The minimum Gasteiger partial charge on any atom is -0.496 e. The van der Waals surface area contributed by atoms with E-state index in [-0.39, 0.29) is 10.7 Å². The number of anilines is 1. The van der Waals surface area contributed by atoms with Gasteiger partial charge in [-0.15, -0.1) is 0 Å². The van der Waals surface area contributed by atoms with Crippen LogP contribution in [0, 0.1) is 3.57 Å². The molecule has 0 aliphatic carbocycles. The summed E-state index contributed by atoms with van der Waals surface area (Å²) in [5, 5.41) is 5.79. The number of thiocarbonyl (C=S) groups is 1. The lowest BCUT2D eigenvalue weighted by Crippen LogP contribution is -2.34. The van der Waals surface area contributed by atoms with E-state index >= 15 is 0 Å². The van der Waals surface area contributed by atoms with Crippen LogP contribution in [0.25, 0.3) is 22.6 Å². The highest BCUT2D eigenvalue weighted by molar-refractivity contribution is 14.1. The first-order chi connectivity index (χ1) is 15.5. The molecule has 9 heteroatoms. The molecular formula is C23H18IN3O4S. The maximum atomic E-state index is 12.8. The van der Waals surface area contributed by atoms with Gasteiger partial charge in [-0.3, -0.25) is 10.1 Å². The second-order valence-electron chi connectivity index (χ2n) is 6.65. The van der Waals surface area contributed by atoms with Gasteiger partial charge in [0.15, 0.2) is 10.7 Å². The molecule has 4 aromatic rings. The average Bonchev–Trinajstić information content (AvgIpc) is 3.22. The molecule has 0 aliphatic rings. The van der Waals surface area contributed by atoms with Gasteiger partial charge < -0.3 is 19.2 Å². The first-order valence-corrected chi connectivity index (χ1v) is 11.0. The molecule has 0 saturated heterocycles. The van der Waals surface area contributed by atoms with Crippen LogP contribution in [0.1, 0.15) is 10.4 Å². The lowest BCUT2D eigenvalue weighted by Gasteiger charge is -2.14. The Morgan fingerprint density at radius 2 is 1.72 bits per heavy atom. The zero-order valence-corrected chi connectivity index (χ0v) is 20.1. The third-order valence-corrected chi connectivity index (χ3v) is 5.54. The van der Waals surface area contributed by atoms with Crippen LogP contribution in [0.15, 0.2) is 65.1 Å². The fourth-order valence-corrected chi connectivity index (χ4v) is 3.69.